The van der Waals surface area contributed by atoms with Crippen molar-refractivity contribution < 1.29 is 23.8 Å². The summed E-state index contributed by atoms with van der Waals surface area (Å²) in [6, 6.07) is 5.61. The predicted octanol–water partition coefficient (Wildman–Crippen LogP) is 4.87. The summed E-state index contributed by atoms with van der Waals surface area (Å²) in [5.41, 5.74) is 1.42. The number of amides is 1. The summed E-state index contributed by atoms with van der Waals surface area (Å²) in [5, 5.41) is 4.28. The number of aromatic nitrogens is 1. The van der Waals surface area contributed by atoms with E-state index in [4.69, 9.17) is 14.2 Å². The van der Waals surface area contributed by atoms with Crippen molar-refractivity contribution in [3.05, 3.63) is 30.0 Å². The molecule has 33 heavy (non-hydrogen) atoms. The second-order valence-electron chi connectivity index (χ2n) is 9.28. The second-order valence-corrected chi connectivity index (χ2v) is 9.28. The van der Waals surface area contributed by atoms with Crippen molar-refractivity contribution in [1.82, 2.24) is 9.88 Å². The van der Waals surface area contributed by atoms with Crippen LogP contribution in [0.25, 0.3) is 10.9 Å². The van der Waals surface area contributed by atoms with Gasteiger partial charge in [-0.3, -0.25) is 4.98 Å². The fraction of sp³-hybridized carbons (Fsp3) is 0.560. The van der Waals surface area contributed by atoms with E-state index >= 15 is 0 Å². The zero-order valence-corrected chi connectivity index (χ0v) is 20.3. The number of anilines is 1. The zero-order chi connectivity index (χ0) is 24.0. The van der Waals surface area contributed by atoms with Crippen molar-refractivity contribution in [2.45, 2.75) is 52.6 Å². The van der Waals surface area contributed by atoms with E-state index in [1.54, 1.807) is 25.1 Å². The molecular formula is C25H35N3O5. The summed E-state index contributed by atoms with van der Waals surface area (Å²) >= 11 is 0. The van der Waals surface area contributed by atoms with Crippen LogP contribution in [0.1, 0.15) is 57.3 Å². The molecule has 1 aliphatic heterocycles. The lowest BCUT2D eigenvalue weighted by atomic mass is 9.93. The van der Waals surface area contributed by atoms with E-state index in [1.165, 1.54) is 0 Å². The summed E-state index contributed by atoms with van der Waals surface area (Å²) in [4.78, 5) is 31.0. The number of nitrogens with zero attached hydrogens (tertiary/aromatic N) is 2. The van der Waals surface area contributed by atoms with E-state index in [0.29, 0.717) is 49.2 Å². The highest BCUT2D eigenvalue weighted by Gasteiger charge is 2.27. The van der Waals surface area contributed by atoms with Gasteiger partial charge in [-0.05, 0) is 71.1 Å². The summed E-state index contributed by atoms with van der Waals surface area (Å²) in [7, 11) is 1.61. The lowest BCUT2D eigenvalue weighted by molar-refractivity contribution is 0.0182. The molecule has 3 rings (SSSR count). The van der Waals surface area contributed by atoms with E-state index in [9.17, 15) is 9.59 Å². The molecule has 2 aromatic rings. The fourth-order valence-corrected chi connectivity index (χ4v) is 3.98. The number of esters is 1. The smallest absolute Gasteiger partial charge is 0.410 e. The highest BCUT2D eigenvalue weighted by atomic mass is 16.6. The molecule has 1 aromatic heterocycles. The summed E-state index contributed by atoms with van der Waals surface area (Å²) in [6.45, 7) is 9.81. The number of fused-ring (bicyclic) bond motifs is 1. The maximum Gasteiger partial charge on any atom is 0.410 e. The van der Waals surface area contributed by atoms with Crippen molar-refractivity contribution in [3.63, 3.8) is 0 Å². The Morgan fingerprint density at radius 3 is 2.58 bits per heavy atom. The Morgan fingerprint density at radius 1 is 1.21 bits per heavy atom. The molecule has 0 atom stereocenters. The lowest BCUT2D eigenvalue weighted by Gasteiger charge is -2.33. The Kier molecular flexibility index (Phi) is 8.00. The number of carbonyl (C=O) groups is 2. The number of carbonyl (C=O) groups excluding carboxylic acids is 2. The summed E-state index contributed by atoms with van der Waals surface area (Å²) in [5.74, 6) is 0.788. The number of likely N-dealkylation sites (tertiary alicyclic amines) is 1. The van der Waals surface area contributed by atoms with Gasteiger partial charge in [-0.2, -0.15) is 0 Å². The number of hydrogen-bond donors (Lipinski definition) is 1. The number of benzene rings is 1. The van der Waals surface area contributed by atoms with Crippen LogP contribution < -0.4 is 10.1 Å². The van der Waals surface area contributed by atoms with E-state index < -0.39 is 11.6 Å². The van der Waals surface area contributed by atoms with Crippen molar-refractivity contribution in [1.29, 1.82) is 0 Å². The average molecular weight is 458 g/mol. The molecule has 1 amide bonds. The third kappa shape index (κ3) is 6.49. The Hall–Kier alpha value is -3.03. The first kappa shape index (κ1) is 24.6. The van der Waals surface area contributed by atoms with Crippen molar-refractivity contribution in [2.24, 2.45) is 5.92 Å². The number of methoxy groups -OCH3 is 1. The maximum absolute atomic E-state index is 12.5. The first-order valence-electron chi connectivity index (χ1n) is 11.6. The second kappa shape index (κ2) is 10.7. The van der Waals surface area contributed by atoms with Gasteiger partial charge in [0, 0.05) is 31.2 Å². The molecule has 1 saturated heterocycles. The third-order valence-electron chi connectivity index (χ3n) is 5.69. The number of piperidine rings is 1. The van der Waals surface area contributed by atoms with Crippen molar-refractivity contribution in [2.75, 3.05) is 38.7 Å². The van der Waals surface area contributed by atoms with Gasteiger partial charge in [-0.25, -0.2) is 9.59 Å². The van der Waals surface area contributed by atoms with Crippen LogP contribution in [0.4, 0.5) is 10.5 Å². The minimum Gasteiger partial charge on any atom is -0.497 e. The Morgan fingerprint density at radius 2 is 1.94 bits per heavy atom. The normalized spacial score (nSPS) is 14.8. The minimum absolute atomic E-state index is 0.240. The van der Waals surface area contributed by atoms with Crippen molar-refractivity contribution >= 4 is 28.7 Å². The van der Waals surface area contributed by atoms with Crippen LogP contribution in [0, 0.1) is 5.92 Å². The first-order valence-corrected chi connectivity index (χ1v) is 11.6. The quantitative estimate of drug-likeness (QED) is 0.593. The average Bonchev–Trinajstić information content (AvgIpc) is 2.78. The summed E-state index contributed by atoms with van der Waals surface area (Å²) in [6.07, 6.45) is 4.11. The van der Waals surface area contributed by atoms with Crippen LogP contribution in [-0.2, 0) is 9.47 Å². The minimum atomic E-state index is -0.482. The van der Waals surface area contributed by atoms with E-state index in [-0.39, 0.29) is 6.09 Å². The molecule has 8 heteroatoms. The van der Waals surface area contributed by atoms with Gasteiger partial charge < -0.3 is 24.4 Å². The van der Waals surface area contributed by atoms with Gasteiger partial charge in [0.1, 0.15) is 16.9 Å². The summed E-state index contributed by atoms with van der Waals surface area (Å²) < 4.78 is 16.1. The Bertz CT molecular complexity index is 978. The van der Waals surface area contributed by atoms with E-state index in [0.717, 1.165) is 30.2 Å². The van der Waals surface area contributed by atoms with Crippen LogP contribution in [0.5, 0.6) is 5.75 Å². The van der Waals surface area contributed by atoms with Gasteiger partial charge >= 0.3 is 12.1 Å². The molecule has 8 nitrogen and oxygen atoms in total. The molecule has 0 bridgehead atoms. The molecule has 0 saturated carbocycles. The van der Waals surface area contributed by atoms with Gasteiger partial charge in [0.25, 0.3) is 0 Å². The Balaban J connectivity index is 1.65. The molecule has 0 aliphatic carbocycles. The molecule has 0 radical (unpaired) electrons. The highest BCUT2D eigenvalue weighted by Crippen LogP contribution is 2.30. The Labute approximate surface area is 195 Å². The number of rotatable bonds is 7. The van der Waals surface area contributed by atoms with Crippen LogP contribution >= 0.6 is 0 Å². The molecular weight excluding hydrogens is 422 g/mol. The van der Waals surface area contributed by atoms with Gasteiger partial charge in [-0.15, -0.1) is 0 Å². The lowest BCUT2D eigenvalue weighted by Crippen LogP contribution is -2.41. The van der Waals surface area contributed by atoms with E-state index in [2.05, 4.69) is 10.3 Å². The molecule has 1 aromatic carbocycles. The molecule has 2 heterocycles. The van der Waals surface area contributed by atoms with Crippen LogP contribution in [0.3, 0.4) is 0 Å². The molecule has 0 unspecified atom stereocenters. The molecule has 1 aliphatic rings. The van der Waals surface area contributed by atoms with Gasteiger partial charge in [0.2, 0.25) is 0 Å². The number of hydrogen-bond acceptors (Lipinski definition) is 7. The standard InChI is InChI=1S/C25H35N3O5/c1-6-32-23(29)20-16-27-21-8-7-18(31-5)15-19(21)22(20)26-12-9-17-10-13-28(14-11-17)24(30)33-25(2,3)4/h7-8,15-17H,6,9-14H2,1-5H3,(H,26,27). The fourth-order valence-electron chi connectivity index (χ4n) is 3.98. The van der Waals surface area contributed by atoms with Crippen molar-refractivity contribution in [3.8, 4) is 5.75 Å². The number of pyridine rings is 1. The molecule has 0 spiro atoms. The van der Waals surface area contributed by atoms with Crippen LogP contribution in [0.15, 0.2) is 24.4 Å². The molecule has 1 N–H and O–H groups in total. The largest absolute Gasteiger partial charge is 0.497 e. The monoisotopic (exact) mass is 457 g/mol. The topological polar surface area (TPSA) is 90.0 Å². The van der Waals surface area contributed by atoms with Crippen LogP contribution in [0.2, 0.25) is 0 Å². The predicted molar refractivity (Wildman–Crippen MR) is 128 cm³/mol. The van der Waals surface area contributed by atoms with Gasteiger partial charge in [0.15, 0.2) is 0 Å². The van der Waals surface area contributed by atoms with Crippen LogP contribution in [-0.4, -0.2) is 60.9 Å². The number of nitrogens with one attached hydrogen (secondary N) is 1. The highest BCUT2D eigenvalue weighted by molar-refractivity contribution is 6.05. The van der Waals surface area contributed by atoms with E-state index in [1.807, 2.05) is 39.0 Å². The van der Waals surface area contributed by atoms with Gasteiger partial charge in [-0.1, -0.05) is 0 Å². The maximum atomic E-state index is 12.5. The first-order chi connectivity index (χ1) is 15.7. The molecule has 1 fully saturated rings. The SMILES string of the molecule is CCOC(=O)c1cnc2ccc(OC)cc2c1NCCC1CCN(C(=O)OC(C)(C)C)CC1. The zero-order valence-electron chi connectivity index (χ0n) is 20.3. The third-order valence-corrected chi connectivity index (χ3v) is 5.69. The molecule has 180 valence electrons. The van der Waals surface area contributed by atoms with Gasteiger partial charge in [0.05, 0.1) is 24.9 Å². The number of ether oxygens (including phenoxy) is 3.